The van der Waals surface area contributed by atoms with Crippen LogP contribution in [0.3, 0.4) is 0 Å². The monoisotopic (exact) mass is 396 g/mol. The molecule has 29 heavy (non-hydrogen) atoms. The van der Waals surface area contributed by atoms with Crippen molar-refractivity contribution in [2.24, 2.45) is 4.99 Å². The second-order valence-electron chi connectivity index (χ2n) is 7.82. The third kappa shape index (κ3) is 3.60. The summed E-state index contributed by atoms with van der Waals surface area (Å²) in [5.74, 6) is 0.522. The number of nitrogens with one attached hydrogen (secondary N) is 1. The number of imide groups is 1. The van der Waals surface area contributed by atoms with Gasteiger partial charge in [0, 0.05) is 46.3 Å². The Bertz CT molecular complexity index is 845. The number of rotatable bonds is 4. The summed E-state index contributed by atoms with van der Waals surface area (Å²) in [5.41, 5.74) is 2.32. The first-order valence-corrected chi connectivity index (χ1v) is 10.0. The molecule has 3 amide bonds. The van der Waals surface area contributed by atoms with Gasteiger partial charge in [0.05, 0.1) is 0 Å². The van der Waals surface area contributed by atoms with Gasteiger partial charge < -0.3 is 14.7 Å². The first-order valence-electron chi connectivity index (χ1n) is 10.0. The van der Waals surface area contributed by atoms with Crippen LogP contribution in [0, 0.1) is 6.92 Å². The molecular formula is C21H28N6O2. The Hall–Kier alpha value is -2.87. The van der Waals surface area contributed by atoms with Crippen LogP contribution < -0.4 is 5.32 Å². The van der Waals surface area contributed by atoms with Crippen molar-refractivity contribution in [3.05, 3.63) is 48.0 Å². The van der Waals surface area contributed by atoms with E-state index in [1.165, 1.54) is 10.5 Å². The van der Waals surface area contributed by atoms with Crippen molar-refractivity contribution in [3.8, 4) is 0 Å². The Morgan fingerprint density at radius 2 is 1.93 bits per heavy atom. The number of aryl methyl sites for hydroxylation is 1. The molecule has 3 aliphatic rings. The topological polar surface area (TPSA) is 71.5 Å². The van der Waals surface area contributed by atoms with Gasteiger partial charge in [0.25, 0.3) is 5.91 Å². The summed E-state index contributed by atoms with van der Waals surface area (Å²) in [6, 6.07) is 7.27. The Kier molecular flexibility index (Phi) is 5.27. The molecule has 8 heteroatoms. The predicted molar refractivity (Wildman–Crippen MR) is 111 cm³/mol. The van der Waals surface area contributed by atoms with E-state index >= 15 is 0 Å². The number of urea groups is 1. The van der Waals surface area contributed by atoms with E-state index in [4.69, 9.17) is 4.99 Å². The molecule has 4 rings (SSSR count). The Labute approximate surface area is 171 Å². The first-order chi connectivity index (χ1) is 14.0. The number of hydrogen-bond acceptors (Lipinski definition) is 6. The molecule has 0 saturated carbocycles. The molecule has 0 aliphatic carbocycles. The summed E-state index contributed by atoms with van der Waals surface area (Å²) < 4.78 is 0. The summed E-state index contributed by atoms with van der Waals surface area (Å²) in [7, 11) is 1.69. The molecule has 1 N–H and O–H groups in total. The molecule has 2 atom stereocenters. The molecule has 0 spiro atoms. The number of nitrogens with zero attached hydrogens (tertiary/aromatic N) is 5. The van der Waals surface area contributed by atoms with Gasteiger partial charge in [0.1, 0.15) is 0 Å². The third-order valence-corrected chi connectivity index (χ3v) is 5.98. The van der Waals surface area contributed by atoms with Gasteiger partial charge in [-0.3, -0.25) is 15.0 Å². The predicted octanol–water partition coefficient (Wildman–Crippen LogP) is 0.847. The highest BCUT2D eigenvalue weighted by Crippen LogP contribution is 2.28. The van der Waals surface area contributed by atoms with E-state index in [-0.39, 0.29) is 5.91 Å². The van der Waals surface area contributed by atoms with Crippen LogP contribution in [0.5, 0.6) is 0 Å². The summed E-state index contributed by atoms with van der Waals surface area (Å²) in [6.45, 7) is 10.8. The summed E-state index contributed by atoms with van der Waals surface area (Å²) in [6.07, 6.45) is 1.42. The van der Waals surface area contributed by atoms with Crippen molar-refractivity contribution in [1.29, 1.82) is 0 Å². The molecule has 0 radical (unpaired) electrons. The van der Waals surface area contributed by atoms with Gasteiger partial charge >= 0.3 is 6.03 Å². The van der Waals surface area contributed by atoms with Crippen LogP contribution in [0.4, 0.5) is 4.79 Å². The van der Waals surface area contributed by atoms with Crippen LogP contribution >= 0.6 is 0 Å². The van der Waals surface area contributed by atoms with Crippen LogP contribution in [0.25, 0.3) is 0 Å². The Morgan fingerprint density at radius 3 is 2.62 bits per heavy atom. The van der Waals surface area contributed by atoms with Crippen molar-refractivity contribution >= 4 is 17.9 Å². The number of guanidine groups is 1. The quantitative estimate of drug-likeness (QED) is 0.764. The second kappa shape index (κ2) is 7.87. The SMILES string of the molecule is C=CCN1CCN(C2=NC3C(C(=O)NC(=O)N3C)N2Cc2ccccc2C)CC1. The molecule has 0 aromatic heterocycles. The lowest BCUT2D eigenvalue weighted by Crippen LogP contribution is -2.64. The fourth-order valence-electron chi connectivity index (χ4n) is 4.23. The highest BCUT2D eigenvalue weighted by molar-refractivity contribution is 6.03. The normalized spacial score (nSPS) is 25.0. The average molecular weight is 396 g/mol. The Balaban J connectivity index is 1.63. The van der Waals surface area contributed by atoms with Crippen LogP contribution in [0.2, 0.25) is 0 Å². The van der Waals surface area contributed by atoms with Crippen molar-refractivity contribution in [2.75, 3.05) is 39.8 Å². The number of amides is 3. The molecule has 1 aromatic carbocycles. The molecule has 3 heterocycles. The fourth-order valence-corrected chi connectivity index (χ4v) is 4.23. The van der Waals surface area contributed by atoms with Gasteiger partial charge in [0.2, 0.25) is 0 Å². The number of carbonyl (C=O) groups excluding carboxylic acids is 2. The molecule has 154 valence electrons. The molecule has 3 aliphatic heterocycles. The summed E-state index contributed by atoms with van der Waals surface area (Å²) in [4.78, 5) is 38.0. The van der Waals surface area contributed by atoms with E-state index in [1.54, 1.807) is 7.05 Å². The lowest BCUT2D eigenvalue weighted by molar-refractivity contribution is -0.127. The first kappa shape index (κ1) is 19.4. The lowest BCUT2D eigenvalue weighted by atomic mass is 10.1. The molecular weight excluding hydrogens is 368 g/mol. The van der Waals surface area contributed by atoms with Gasteiger partial charge in [0.15, 0.2) is 18.2 Å². The Morgan fingerprint density at radius 1 is 1.21 bits per heavy atom. The smallest absolute Gasteiger partial charge is 0.325 e. The van der Waals surface area contributed by atoms with Crippen LogP contribution in [-0.4, -0.2) is 89.5 Å². The zero-order valence-corrected chi connectivity index (χ0v) is 17.0. The van der Waals surface area contributed by atoms with E-state index in [2.05, 4.69) is 45.7 Å². The number of likely N-dealkylation sites (N-methyl/N-ethyl adjacent to an activating group) is 1. The van der Waals surface area contributed by atoms with Gasteiger partial charge in [-0.05, 0) is 18.1 Å². The molecule has 0 bridgehead atoms. The van der Waals surface area contributed by atoms with Gasteiger partial charge in [-0.2, -0.15) is 0 Å². The molecule has 2 unspecified atom stereocenters. The number of benzene rings is 1. The minimum Gasteiger partial charge on any atom is -0.340 e. The summed E-state index contributed by atoms with van der Waals surface area (Å²) in [5, 5.41) is 2.47. The maximum Gasteiger partial charge on any atom is 0.325 e. The lowest BCUT2D eigenvalue weighted by Gasteiger charge is -2.40. The zero-order valence-electron chi connectivity index (χ0n) is 17.0. The number of hydrogen-bond donors (Lipinski definition) is 1. The third-order valence-electron chi connectivity index (χ3n) is 5.98. The second-order valence-corrected chi connectivity index (χ2v) is 7.82. The van der Waals surface area contributed by atoms with E-state index in [0.717, 1.165) is 44.2 Å². The zero-order chi connectivity index (χ0) is 20.5. The van der Waals surface area contributed by atoms with E-state index in [1.807, 2.05) is 18.2 Å². The highest BCUT2D eigenvalue weighted by atomic mass is 16.2. The van der Waals surface area contributed by atoms with E-state index in [9.17, 15) is 9.59 Å². The maximum absolute atomic E-state index is 12.8. The van der Waals surface area contributed by atoms with Gasteiger partial charge in [-0.25, -0.2) is 9.79 Å². The van der Waals surface area contributed by atoms with Crippen molar-refractivity contribution in [3.63, 3.8) is 0 Å². The number of fused-ring (bicyclic) bond motifs is 1. The van der Waals surface area contributed by atoms with Gasteiger partial charge in [-0.15, -0.1) is 6.58 Å². The number of aliphatic imine (C=N–C) groups is 1. The molecule has 1 aromatic rings. The molecule has 8 nitrogen and oxygen atoms in total. The standard InChI is InChI=1S/C21H28N6O2/c1-4-9-25-10-12-26(13-11-25)20-22-18-17(19(28)23-21(29)24(18)3)27(20)14-16-8-6-5-7-15(16)2/h4-8,17-18H,1,9-14H2,2-3H3,(H,23,28,29). The van der Waals surface area contributed by atoms with Crippen LogP contribution in [0.15, 0.2) is 41.9 Å². The van der Waals surface area contributed by atoms with E-state index in [0.29, 0.717) is 6.54 Å². The largest absolute Gasteiger partial charge is 0.340 e. The highest BCUT2D eigenvalue weighted by Gasteiger charge is 2.49. The minimum atomic E-state index is -0.515. The summed E-state index contributed by atoms with van der Waals surface area (Å²) >= 11 is 0. The van der Waals surface area contributed by atoms with Crippen molar-refractivity contribution < 1.29 is 9.59 Å². The van der Waals surface area contributed by atoms with Gasteiger partial charge in [-0.1, -0.05) is 30.3 Å². The minimum absolute atomic E-state index is 0.282. The fraction of sp³-hybridized carbons (Fsp3) is 0.476. The van der Waals surface area contributed by atoms with Crippen molar-refractivity contribution in [2.45, 2.75) is 25.7 Å². The van der Waals surface area contributed by atoms with Crippen LogP contribution in [-0.2, 0) is 11.3 Å². The molecule has 2 fully saturated rings. The van der Waals surface area contributed by atoms with E-state index < -0.39 is 18.2 Å². The van der Waals surface area contributed by atoms with Crippen molar-refractivity contribution in [1.82, 2.24) is 24.9 Å². The number of piperazine rings is 1. The maximum atomic E-state index is 12.8. The molecule has 2 saturated heterocycles. The average Bonchev–Trinajstić information content (AvgIpc) is 3.09. The number of carbonyl (C=O) groups is 2. The van der Waals surface area contributed by atoms with Crippen LogP contribution in [0.1, 0.15) is 11.1 Å².